The third kappa shape index (κ3) is 6.89. The van der Waals surface area contributed by atoms with Crippen molar-refractivity contribution in [1.82, 2.24) is 15.1 Å². The summed E-state index contributed by atoms with van der Waals surface area (Å²) in [4.78, 5) is 30.5. The highest BCUT2D eigenvalue weighted by Gasteiger charge is 2.58. The van der Waals surface area contributed by atoms with Crippen LogP contribution in [0.4, 0.5) is 22.0 Å². The Morgan fingerprint density at radius 2 is 1.46 bits per heavy atom. The SMILES string of the molecule is CCN(CC)C(=O)C1([N+]2(CCC(CN(C)C(=O)c3c(F)c(F)c(F)c(F)c3F)c3ccc(Cl)c(Cl)c3)CCCCC2)CCNCC1. The van der Waals surface area contributed by atoms with Gasteiger partial charge in [0.2, 0.25) is 5.82 Å². The third-order valence-corrected chi connectivity index (χ3v) is 10.8. The van der Waals surface area contributed by atoms with Gasteiger partial charge in [0.1, 0.15) is 5.56 Å². The van der Waals surface area contributed by atoms with Crippen molar-refractivity contribution in [3.63, 3.8) is 0 Å². The second-order valence-electron chi connectivity index (χ2n) is 12.4. The molecule has 46 heavy (non-hydrogen) atoms. The number of carbonyl (C=O) groups excluding carboxylic acids is 2. The van der Waals surface area contributed by atoms with E-state index in [1.807, 2.05) is 18.7 Å². The topological polar surface area (TPSA) is 52.7 Å². The lowest BCUT2D eigenvalue weighted by Gasteiger charge is -2.57. The average Bonchev–Trinajstić information content (AvgIpc) is 3.07. The van der Waals surface area contributed by atoms with Crippen LogP contribution in [-0.2, 0) is 4.79 Å². The summed E-state index contributed by atoms with van der Waals surface area (Å²) < 4.78 is 71.5. The number of quaternary nitrogens is 1. The van der Waals surface area contributed by atoms with Crippen LogP contribution < -0.4 is 5.32 Å². The number of likely N-dealkylation sites (N-methyl/N-ethyl adjacent to an activating group) is 2. The number of rotatable bonds is 11. The first-order valence-electron chi connectivity index (χ1n) is 15.9. The van der Waals surface area contributed by atoms with E-state index < -0.39 is 52.0 Å². The summed E-state index contributed by atoms with van der Waals surface area (Å²) in [5.41, 5.74) is -1.46. The molecule has 2 heterocycles. The molecule has 1 unspecified atom stereocenters. The van der Waals surface area contributed by atoms with E-state index in [2.05, 4.69) is 5.32 Å². The van der Waals surface area contributed by atoms with Crippen LogP contribution in [0.15, 0.2) is 18.2 Å². The molecule has 2 aromatic carbocycles. The quantitative estimate of drug-likeness (QED) is 0.120. The molecule has 2 amide bonds. The fraction of sp³-hybridized carbons (Fsp3) is 0.576. The van der Waals surface area contributed by atoms with Crippen LogP contribution in [0, 0.1) is 29.1 Å². The molecular weight excluding hydrogens is 650 g/mol. The maximum absolute atomic E-state index is 14.6. The summed E-state index contributed by atoms with van der Waals surface area (Å²) in [6.45, 7) is 8.65. The van der Waals surface area contributed by atoms with E-state index in [4.69, 9.17) is 23.2 Å². The molecule has 2 aromatic rings. The maximum Gasteiger partial charge on any atom is 0.284 e. The fourth-order valence-electron chi connectivity index (χ4n) is 7.45. The van der Waals surface area contributed by atoms with Gasteiger partial charge in [-0.25, -0.2) is 22.0 Å². The van der Waals surface area contributed by atoms with E-state index in [-0.39, 0.29) is 17.5 Å². The Morgan fingerprint density at radius 3 is 2.00 bits per heavy atom. The molecule has 0 aromatic heterocycles. The first-order valence-corrected chi connectivity index (χ1v) is 16.7. The summed E-state index contributed by atoms with van der Waals surface area (Å²) in [6.07, 6.45) is 4.78. The lowest BCUT2D eigenvalue weighted by molar-refractivity contribution is -0.972. The Labute approximate surface area is 277 Å². The average molecular weight is 693 g/mol. The van der Waals surface area contributed by atoms with Gasteiger partial charge in [-0.1, -0.05) is 29.3 Å². The number of halogens is 7. The van der Waals surface area contributed by atoms with Crippen molar-refractivity contribution >= 4 is 35.0 Å². The van der Waals surface area contributed by atoms with Crippen LogP contribution >= 0.6 is 23.2 Å². The van der Waals surface area contributed by atoms with Gasteiger partial charge < -0.3 is 19.6 Å². The minimum atomic E-state index is -2.33. The van der Waals surface area contributed by atoms with Crippen LogP contribution in [0.3, 0.4) is 0 Å². The lowest BCUT2D eigenvalue weighted by atomic mass is 9.79. The fourth-order valence-corrected chi connectivity index (χ4v) is 7.76. The van der Waals surface area contributed by atoms with Gasteiger partial charge >= 0.3 is 0 Å². The number of amides is 2. The Hall–Kier alpha value is -2.47. The molecule has 1 atom stereocenters. The molecule has 254 valence electrons. The molecule has 0 spiro atoms. The van der Waals surface area contributed by atoms with E-state index in [0.29, 0.717) is 67.1 Å². The highest BCUT2D eigenvalue weighted by molar-refractivity contribution is 6.42. The number of nitrogens with zero attached hydrogens (tertiary/aromatic N) is 3. The highest BCUT2D eigenvalue weighted by atomic mass is 35.5. The van der Waals surface area contributed by atoms with Crippen molar-refractivity contribution in [2.24, 2.45) is 0 Å². The molecule has 2 aliphatic rings. The van der Waals surface area contributed by atoms with E-state index in [1.54, 1.807) is 18.2 Å². The standard InChI is InChI=1S/C33H42Cl2F5N4O2/c1-4-43(5-2)32(46)33(12-14-41-15-13-33)44(16-7-6-8-17-44)18-11-22(21-9-10-23(34)24(35)19-21)20-42(3)31(45)25-26(36)28(38)30(40)29(39)27(25)37/h9-10,19,22,41H,4-8,11-18,20H2,1-3H3/q+1. The van der Waals surface area contributed by atoms with Gasteiger partial charge in [0.05, 0.1) is 29.7 Å². The first-order chi connectivity index (χ1) is 21.8. The molecule has 13 heteroatoms. The van der Waals surface area contributed by atoms with Crippen LogP contribution in [-0.4, -0.2) is 91.0 Å². The summed E-state index contributed by atoms with van der Waals surface area (Å²) in [5, 5.41) is 3.99. The normalized spacial score (nSPS) is 18.2. The minimum Gasteiger partial charge on any atom is -0.341 e. The van der Waals surface area contributed by atoms with Crippen molar-refractivity contribution in [3.05, 3.63) is 68.5 Å². The predicted octanol–water partition coefficient (Wildman–Crippen LogP) is 6.93. The van der Waals surface area contributed by atoms with E-state index in [0.717, 1.165) is 37.3 Å². The summed E-state index contributed by atoms with van der Waals surface area (Å²) >= 11 is 12.6. The van der Waals surface area contributed by atoms with Gasteiger partial charge in [0, 0.05) is 65.0 Å². The van der Waals surface area contributed by atoms with Gasteiger partial charge in [-0.05, 0) is 50.8 Å². The highest BCUT2D eigenvalue weighted by Crippen LogP contribution is 2.41. The zero-order valence-corrected chi connectivity index (χ0v) is 28.0. The maximum atomic E-state index is 14.6. The number of carbonyl (C=O) groups is 2. The first kappa shape index (κ1) is 36.4. The summed E-state index contributed by atoms with van der Waals surface area (Å²) in [6, 6.07) is 5.02. The Balaban J connectivity index is 1.72. The second-order valence-corrected chi connectivity index (χ2v) is 13.2. The number of likely N-dealkylation sites (tertiary alicyclic amines) is 1. The van der Waals surface area contributed by atoms with Crippen LogP contribution in [0.1, 0.15) is 74.2 Å². The molecule has 0 saturated carbocycles. The Bertz CT molecular complexity index is 1400. The van der Waals surface area contributed by atoms with Crippen LogP contribution in [0.2, 0.25) is 10.0 Å². The molecule has 0 bridgehead atoms. The van der Waals surface area contributed by atoms with Crippen LogP contribution in [0.5, 0.6) is 0 Å². The van der Waals surface area contributed by atoms with E-state index >= 15 is 0 Å². The zero-order valence-electron chi connectivity index (χ0n) is 26.5. The van der Waals surface area contributed by atoms with Crippen molar-refractivity contribution < 1.29 is 36.0 Å². The van der Waals surface area contributed by atoms with Gasteiger partial charge in [0.25, 0.3) is 11.8 Å². The molecule has 1 N–H and O–H groups in total. The second kappa shape index (κ2) is 15.2. The summed E-state index contributed by atoms with van der Waals surface area (Å²) in [5.74, 6) is -12.7. The lowest BCUT2D eigenvalue weighted by Crippen LogP contribution is -2.74. The molecule has 2 aliphatic heterocycles. The molecule has 6 nitrogen and oxygen atoms in total. The number of hydrogen-bond acceptors (Lipinski definition) is 3. The van der Waals surface area contributed by atoms with Gasteiger partial charge in [-0.3, -0.25) is 9.59 Å². The van der Waals surface area contributed by atoms with Crippen LogP contribution in [0.25, 0.3) is 0 Å². The summed E-state index contributed by atoms with van der Waals surface area (Å²) in [7, 11) is 1.26. The molecule has 2 saturated heterocycles. The van der Waals surface area contributed by atoms with Gasteiger partial charge in [-0.2, -0.15) is 0 Å². The Kier molecular flexibility index (Phi) is 12.0. The van der Waals surface area contributed by atoms with Gasteiger partial charge in [-0.15, -0.1) is 0 Å². The smallest absolute Gasteiger partial charge is 0.284 e. The minimum absolute atomic E-state index is 0.116. The van der Waals surface area contributed by atoms with E-state index in [9.17, 15) is 31.5 Å². The number of nitrogens with one attached hydrogen (secondary N) is 1. The van der Waals surface area contributed by atoms with Crippen molar-refractivity contribution in [2.45, 2.75) is 63.8 Å². The Morgan fingerprint density at radius 1 is 0.891 bits per heavy atom. The third-order valence-electron chi connectivity index (χ3n) is 10.0. The van der Waals surface area contributed by atoms with Crippen molar-refractivity contribution in [1.29, 1.82) is 0 Å². The van der Waals surface area contributed by atoms with Gasteiger partial charge in [0.15, 0.2) is 28.8 Å². The molecule has 4 rings (SSSR count). The largest absolute Gasteiger partial charge is 0.341 e. The number of benzene rings is 2. The molecular formula is C33H42Cl2F5N4O2+. The van der Waals surface area contributed by atoms with Crippen molar-refractivity contribution in [3.8, 4) is 0 Å². The molecule has 0 radical (unpaired) electrons. The number of hydrogen-bond donors (Lipinski definition) is 1. The predicted molar refractivity (Wildman–Crippen MR) is 168 cm³/mol. The number of piperidine rings is 2. The molecule has 2 fully saturated rings. The zero-order chi connectivity index (χ0) is 33.8. The van der Waals surface area contributed by atoms with Crippen molar-refractivity contribution in [2.75, 3.05) is 59.4 Å². The monoisotopic (exact) mass is 691 g/mol. The molecule has 0 aliphatic carbocycles. The van der Waals surface area contributed by atoms with E-state index in [1.165, 1.54) is 7.05 Å².